The molecule has 1 amide bonds. The number of carbonyl (C=O) groups excluding carboxylic acids is 1. The molecule has 1 aliphatic heterocycles. The van der Waals surface area contributed by atoms with E-state index in [0.717, 1.165) is 25.9 Å². The van der Waals surface area contributed by atoms with Crippen molar-refractivity contribution in [2.45, 2.75) is 12.8 Å². The number of nitriles is 1. The first-order chi connectivity index (χ1) is 10.1. The molecule has 1 heterocycles. The lowest BCUT2D eigenvalue weighted by Gasteiger charge is -2.30. The first kappa shape index (κ1) is 15.9. The minimum Gasteiger partial charge on any atom is -0.352 e. The molecule has 0 saturated carbocycles. The van der Waals surface area contributed by atoms with Gasteiger partial charge in [0.15, 0.2) is 0 Å². The van der Waals surface area contributed by atoms with Gasteiger partial charge in [-0.15, -0.1) is 0 Å². The second-order valence-electron chi connectivity index (χ2n) is 5.25. The van der Waals surface area contributed by atoms with Gasteiger partial charge in [0, 0.05) is 16.6 Å². The average Bonchev–Trinajstić information content (AvgIpc) is 2.45. The van der Waals surface area contributed by atoms with Crippen molar-refractivity contribution in [1.82, 2.24) is 10.2 Å². The number of hydrogen-bond acceptors (Lipinski definition) is 3. The van der Waals surface area contributed by atoms with E-state index in [1.54, 1.807) is 6.07 Å². The molecule has 2 rings (SSSR count). The van der Waals surface area contributed by atoms with Gasteiger partial charge in [0.1, 0.15) is 5.82 Å². The van der Waals surface area contributed by atoms with Crippen molar-refractivity contribution in [3.8, 4) is 6.07 Å². The molecular weight excluding hydrogens is 337 g/mol. The molecule has 0 spiro atoms. The molecule has 0 bridgehead atoms. The normalized spacial score (nSPS) is 16.4. The predicted octanol–water partition coefficient (Wildman–Crippen LogP) is 2.55. The van der Waals surface area contributed by atoms with E-state index in [0.29, 0.717) is 29.0 Å². The predicted molar refractivity (Wildman–Crippen MR) is 81.2 cm³/mol. The van der Waals surface area contributed by atoms with Crippen molar-refractivity contribution in [3.05, 3.63) is 34.1 Å². The van der Waals surface area contributed by atoms with Gasteiger partial charge in [0.25, 0.3) is 5.91 Å². The first-order valence-corrected chi connectivity index (χ1v) is 7.71. The van der Waals surface area contributed by atoms with Crippen LogP contribution in [0.5, 0.6) is 0 Å². The van der Waals surface area contributed by atoms with Gasteiger partial charge in [0.05, 0.1) is 12.6 Å². The maximum Gasteiger partial charge on any atom is 0.251 e. The Kier molecular flexibility index (Phi) is 5.71. The highest BCUT2D eigenvalue weighted by Crippen LogP contribution is 2.17. The van der Waals surface area contributed by atoms with Gasteiger partial charge >= 0.3 is 0 Å². The molecule has 0 atom stereocenters. The Morgan fingerprint density at radius 2 is 2.14 bits per heavy atom. The van der Waals surface area contributed by atoms with E-state index >= 15 is 0 Å². The number of nitrogens with zero attached hydrogens (tertiary/aromatic N) is 2. The lowest BCUT2D eigenvalue weighted by Crippen LogP contribution is -2.38. The van der Waals surface area contributed by atoms with E-state index in [1.807, 2.05) is 0 Å². The Balaban J connectivity index is 1.81. The van der Waals surface area contributed by atoms with Gasteiger partial charge in [0.2, 0.25) is 0 Å². The number of halogens is 2. The number of piperidine rings is 1. The highest BCUT2D eigenvalue weighted by molar-refractivity contribution is 9.10. The van der Waals surface area contributed by atoms with Crippen LogP contribution in [0.4, 0.5) is 4.39 Å². The molecule has 112 valence electrons. The molecule has 1 saturated heterocycles. The zero-order valence-electron chi connectivity index (χ0n) is 11.6. The fourth-order valence-corrected chi connectivity index (χ4v) is 2.94. The van der Waals surface area contributed by atoms with Crippen LogP contribution in [0.25, 0.3) is 0 Å². The van der Waals surface area contributed by atoms with E-state index in [4.69, 9.17) is 5.26 Å². The van der Waals surface area contributed by atoms with Gasteiger partial charge < -0.3 is 5.32 Å². The van der Waals surface area contributed by atoms with Crippen LogP contribution in [-0.4, -0.2) is 37.0 Å². The minimum atomic E-state index is -0.431. The molecule has 1 N–H and O–H groups in total. The topological polar surface area (TPSA) is 56.1 Å². The quantitative estimate of drug-likeness (QED) is 0.846. The molecule has 4 nitrogen and oxygen atoms in total. The van der Waals surface area contributed by atoms with E-state index in [1.165, 1.54) is 12.1 Å². The summed E-state index contributed by atoms with van der Waals surface area (Å²) in [4.78, 5) is 14.1. The highest BCUT2D eigenvalue weighted by atomic mass is 79.9. The Morgan fingerprint density at radius 3 is 2.76 bits per heavy atom. The van der Waals surface area contributed by atoms with Crippen LogP contribution in [0.15, 0.2) is 22.7 Å². The molecule has 21 heavy (non-hydrogen) atoms. The standard InChI is InChI=1S/C15H17BrFN3O/c16-13-7-12(8-14(17)9-13)15(21)19-10-11-1-4-20(5-2-11)6-3-18/h7-9,11H,1-2,4-6,10H2,(H,19,21). The minimum absolute atomic E-state index is 0.255. The lowest BCUT2D eigenvalue weighted by atomic mass is 9.96. The number of nitrogens with one attached hydrogen (secondary N) is 1. The number of hydrogen-bond donors (Lipinski definition) is 1. The SMILES string of the molecule is N#CCN1CCC(CNC(=O)c2cc(F)cc(Br)c2)CC1. The fourth-order valence-electron chi connectivity index (χ4n) is 2.47. The zero-order chi connectivity index (χ0) is 15.2. The third kappa shape index (κ3) is 4.80. The smallest absolute Gasteiger partial charge is 0.251 e. The second-order valence-corrected chi connectivity index (χ2v) is 6.16. The van der Waals surface area contributed by atoms with Crippen molar-refractivity contribution < 1.29 is 9.18 Å². The summed E-state index contributed by atoms with van der Waals surface area (Å²) in [7, 11) is 0. The number of amides is 1. The molecule has 1 fully saturated rings. The summed E-state index contributed by atoms with van der Waals surface area (Å²) in [6, 6.07) is 6.31. The van der Waals surface area contributed by atoms with Crippen LogP contribution in [0.1, 0.15) is 23.2 Å². The van der Waals surface area contributed by atoms with Crippen molar-refractivity contribution in [3.63, 3.8) is 0 Å². The van der Waals surface area contributed by atoms with Crippen LogP contribution in [0.2, 0.25) is 0 Å². The van der Waals surface area contributed by atoms with Crippen LogP contribution in [0.3, 0.4) is 0 Å². The largest absolute Gasteiger partial charge is 0.352 e. The fraction of sp³-hybridized carbons (Fsp3) is 0.467. The van der Waals surface area contributed by atoms with Gasteiger partial charge in [-0.3, -0.25) is 9.69 Å². The molecule has 1 aliphatic rings. The van der Waals surface area contributed by atoms with E-state index < -0.39 is 5.82 Å². The van der Waals surface area contributed by atoms with Gasteiger partial charge in [-0.25, -0.2) is 4.39 Å². The van der Waals surface area contributed by atoms with E-state index in [2.05, 4.69) is 32.2 Å². The molecule has 0 aliphatic carbocycles. The van der Waals surface area contributed by atoms with Crippen molar-refractivity contribution >= 4 is 21.8 Å². The van der Waals surface area contributed by atoms with Crippen LogP contribution < -0.4 is 5.32 Å². The maximum absolute atomic E-state index is 13.3. The van der Waals surface area contributed by atoms with Crippen LogP contribution >= 0.6 is 15.9 Å². The summed E-state index contributed by atoms with van der Waals surface area (Å²) in [6.45, 7) is 2.84. The number of benzene rings is 1. The van der Waals surface area contributed by atoms with E-state index in [-0.39, 0.29) is 5.91 Å². The third-order valence-corrected chi connectivity index (χ3v) is 4.14. The average molecular weight is 354 g/mol. The van der Waals surface area contributed by atoms with Crippen LogP contribution in [-0.2, 0) is 0 Å². The Hall–Kier alpha value is -1.45. The van der Waals surface area contributed by atoms with Crippen molar-refractivity contribution in [2.75, 3.05) is 26.2 Å². The maximum atomic E-state index is 13.3. The first-order valence-electron chi connectivity index (χ1n) is 6.92. The van der Waals surface area contributed by atoms with Gasteiger partial charge in [-0.2, -0.15) is 5.26 Å². The summed E-state index contributed by atoms with van der Waals surface area (Å²) in [5, 5.41) is 11.5. The monoisotopic (exact) mass is 353 g/mol. The number of rotatable bonds is 4. The Labute approximate surface area is 132 Å². The molecule has 1 aromatic carbocycles. The molecule has 6 heteroatoms. The summed E-state index contributed by atoms with van der Waals surface area (Å²) in [5.41, 5.74) is 0.323. The summed E-state index contributed by atoms with van der Waals surface area (Å²) < 4.78 is 13.8. The van der Waals surface area contributed by atoms with E-state index in [9.17, 15) is 9.18 Å². The number of likely N-dealkylation sites (tertiary alicyclic amines) is 1. The summed E-state index contributed by atoms with van der Waals surface area (Å²) in [6.07, 6.45) is 1.93. The Morgan fingerprint density at radius 1 is 1.43 bits per heavy atom. The zero-order valence-corrected chi connectivity index (χ0v) is 13.2. The second kappa shape index (κ2) is 7.53. The lowest BCUT2D eigenvalue weighted by molar-refractivity contribution is 0.0937. The van der Waals surface area contributed by atoms with Crippen molar-refractivity contribution in [1.29, 1.82) is 5.26 Å². The molecule has 0 unspecified atom stereocenters. The molecule has 0 aromatic heterocycles. The third-order valence-electron chi connectivity index (χ3n) is 3.68. The van der Waals surface area contributed by atoms with Crippen molar-refractivity contribution in [2.24, 2.45) is 5.92 Å². The van der Waals surface area contributed by atoms with Gasteiger partial charge in [-0.05, 0) is 50.0 Å². The molecular formula is C15H17BrFN3O. The molecule has 0 radical (unpaired) electrons. The summed E-state index contributed by atoms with van der Waals surface area (Å²) in [5.74, 6) is -0.269. The van der Waals surface area contributed by atoms with Gasteiger partial charge in [-0.1, -0.05) is 15.9 Å². The molecule has 1 aromatic rings. The Bertz CT molecular complexity index is 530. The van der Waals surface area contributed by atoms with Crippen LogP contribution in [0, 0.1) is 23.1 Å². The summed E-state index contributed by atoms with van der Waals surface area (Å²) >= 11 is 3.18. The highest BCUT2D eigenvalue weighted by Gasteiger charge is 2.19. The number of carbonyl (C=O) groups is 1.